The normalized spacial score (nSPS) is 18.8. The van der Waals surface area contributed by atoms with Gasteiger partial charge < -0.3 is 15.3 Å². The van der Waals surface area contributed by atoms with Gasteiger partial charge in [-0.05, 0) is 25.0 Å². The van der Waals surface area contributed by atoms with Crippen molar-refractivity contribution in [2.45, 2.75) is 25.4 Å². The second kappa shape index (κ2) is 8.81. The molecule has 26 heavy (non-hydrogen) atoms. The predicted octanol–water partition coefficient (Wildman–Crippen LogP) is 3.31. The third kappa shape index (κ3) is 4.41. The first-order chi connectivity index (χ1) is 12.7. The number of aliphatic imine (C=N–C) groups is 1. The zero-order valence-corrected chi connectivity index (χ0v) is 15.1. The summed E-state index contributed by atoms with van der Waals surface area (Å²) in [5.41, 5.74) is 1.63. The molecule has 1 aliphatic heterocycles. The highest BCUT2D eigenvalue weighted by Crippen LogP contribution is 2.27. The Morgan fingerprint density at radius 2 is 1.96 bits per heavy atom. The van der Waals surface area contributed by atoms with Crippen LogP contribution in [0.25, 0.3) is 0 Å². The molecule has 1 fully saturated rings. The molecule has 1 heterocycles. The molecule has 2 unspecified atom stereocenters. The van der Waals surface area contributed by atoms with E-state index in [1.165, 1.54) is 11.6 Å². The standard InChI is InChI=1S/C21H26FN3O/c1-2-23-21(24-14-20(26)18-10-6-7-11-19(18)22)25-13-12-17(15-25)16-8-4-3-5-9-16/h3-11,17,20,26H,2,12-15H2,1H3,(H,23,24). The van der Waals surface area contributed by atoms with E-state index in [4.69, 9.17) is 0 Å². The summed E-state index contributed by atoms with van der Waals surface area (Å²) in [6, 6.07) is 16.8. The van der Waals surface area contributed by atoms with Crippen LogP contribution >= 0.6 is 0 Å². The van der Waals surface area contributed by atoms with E-state index in [9.17, 15) is 9.50 Å². The molecule has 5 heteroatoms. The van der Waals surface area contributed by atoms with E-state index in [1.54, 1.807) is 18.2 Å². The third-order valence-corrected chi connectivity index (χ3v) is 4.77. The summed E-state index contributed by atoms with van der Waals surface area (Å²) < 4.78 is 13.8. The highest BCUT2D eigenvalue weighted by molar-refractivity contribution is 5.80. The van der Waals surface area contributed by atoms with Gasteiger partial charge in [-0.3, -0.25) is 4.99 Å². The van der Waals surface area contributed by atoms with E-state index in [1.807, 2.05) is 13.0 Å². The smallest absolute Gasteiger partial charge is 0.194 e. The summed E-state index contributed by atoms with van der Waals surface area (Å²) in [5, 5.41) is 13.6. The van der Waals surface area contributed by atoms with Crippen molar-refractivity contribution in [3.63, 3.8) is 0 Å². The maximum Gasteiger partial charge on any atom is 0.194 e. The van der Waals surface area contributed by atoms with Crippen LogP contribution in [0, 0.1) is 5.82 Å². The minimum Gasteiger partial charge on any atom is -0.386 e. The Labute approximate surface area is 154 Å². The summed E-state index contributed by atoms with van der Waals surface area (Å²) in [4.78, 5) is 6.77. The lowest BCUT2D eigenvalue weighted by atomic mass is 9.99. The van der Waals surface area contributed by atoms with E-state index in [2.05, 4.69) is 39.5 Å². The monoisotopic (exact) mass is 355 g/mol. The lowest BCUT2D eigenvalue weighted by Gasteiger charge is -2.22. The van der Waals surface area contributed by atoms with Gasteiger partial charge in [-0.2, -0.15) is 0 Å². The number of benzene rings is 2. The fourth-order valence-electron chi connectivity index (χ4n) is 3.39. The minimum atomic E-state index is -0.947. The third-order valence-electron chi connectivity index (χ3n) is 4.77. The summed E-state index contributed by atoms with van der Waals surface area (Å²) in [5.74, 6) is 0.864. The molecule has 0 aliphatic carbocycles. The molecule has 2 aromatic carbocycles. The molecule has 1 aliphatic rings. The molecule has 2 atom stereocenters. The molecule has 0 amide bonds. The number of rotatable bonds is 5. The molecule has 4 nitrogen and oxygen atoms in total. The van der Waals surface area contributed by atoms with Gasteiger partial charge in [0, 0.05) is 31.1 Å². The van der Waals surface area contributed by atoms with E-state index in [0.29, 0.717) is 5.92 Å². The second-order valence-electron chi connectivity index (χ2n) is 6.57. The van der Waals surface area contributed by atoms with Crippen LogP contribution in [0.2, 0.25) is 0 Å². The summed E-state index contributed by atoms with van der Waals surface area (Å²) in [6.45, 7) is 4.72. The van der Waals surface area contributed by atoms with Gasteiger partial charge in [0.25, 0.3) is 0 Å². The quantitative estimate of drug-likeness (QED) is 0.639. The molecule has 138 valence electrons. The van der Waals surface area contributed by atoms with Gasteiger partial charge in [0.2, 0.25) is 0 Å². The Bertz CT molecular complexity index is 735. The first-order valence-electron chi connectivity index (χ1n) is 9.19. The maximum absolute atomic E-state index is 13.8. The van der Waals surface area contributed by atoms with Crippen molar-refractivity contribution in [3.8, 4) is 0 Å². The van der Waals surface area contributed by atoms with Gasteiger partial charge in [0.1, 0.15) is 11.9 Å². The molecule has 0 aromatic heterocycles. The topological polar surface area (TPSA) is 47.9 Å². The number of aliphatic hydroxyl groups is 1. The maximum atomic E-state index is 13.8. The van der Waals surface area contributed by atoms with Crippen molar-refractivity contribution in [1.82, 2.24) is 10.2 Å². The minimum absolute atomic E-state index is 0.135. The molecule has 0 saturated carbocycles. The van der Waals surface area contributed by atoms with Crippen LogP contribution in [0.15, 0.2) is 59.6 Å². The molecule has 0 bridgehead atoms. The van der Waals surface area contributed by atoms with Crippen LogP contribution in [0.1, 0.15) is 36.5 Å². The summed E-state index contributed by atoms with van der Waals surface area (Å²) in [7, 11) is 0. The lowest BCUT2D eigenvalue weighted by molar-refractivity contribution is 0.181. The molecule has 2 N–H and O–H groups in total. The summed E-state index contributed by atoms with van der Waals surface area (Å²) >= 11 is 0. The fourth-order valence-corrected chi connectivity index (χ4v) is 3.39. The number of guanidine groups is 1. The number of hydrogen-bond acceptors (Lipinski definition) is 2. The van der Waals surface area contributed by atoms with Crippen molar-refractivity contribution in [1.29, 1.82) is 0 Å². The number of nitrogens with zero attached hydrogens (tertiary/aromatic N) is 2. The summed E-state index contributed by atoms with van der Waals surface area (Å²) in [6.07, 6.45) is 0.127. The van der Waals surface area contributed by atoms with Crippen LogP contribution in [-0.2, 0) is 0 Å². The van der Waals surface area contributed by atoms with Crippen molar-refractivity contribution in [3.05, 3.63) is 71.5 Å². The number of halogens is 1. The Hall–Kier alpha value is -2.40. The van der Waals surface area contributed by atoms with Gasteiger partial charge in [0.15, 0.2) is 5.96 Å². The number of likely N-dealkylation sites (tertiary alicyclic amines) is 1. The average Bonchev–Trinajstić information content (AvgIpc) is 3.16. The molecule has 1 saturated heterocycles. The zero-order chi connectivity index (χ0) is 18.4. The Balaban J connectivity index is 1.67. The van der Waals surface area contributed by atoms with Gasteiger partial charge in [-0.1, -0.05) is 48.5 Å². The molecular weight excluding hydrogens is 329 g/mol. The van der Waals surface area contributed by atoms with Crippen molar-refractivity contribution in [2.75, 3.05) is 26.2 Å². The van der Waals surface area contributed by atoms with Gasteiger partial charge >= 0.3 is 0 Å². The molecule has 2 aromatic rings. The van der Waals surface area contributed by atoms with E-state index < -0.39 is 11.9 Å². The van der Waals surface area contributed by atoms with Gasteiger partial charge in [-0.15, -0.1) is 0 Å². The Morgan fingerprint density at radius 1 is 1.23 bits per heavy atom. The van der Waals surface area contributed by atoms with Crippen LogP contribution in [0.5, 0.6) is 0 Å². The van der Waals surface area contributed by atoms with Crippen LogP contribution in [0.4, 0.5) is 4.39 Å². The van der Waals surface area contributed by atoms with Crippen molar-refractivity contribution >= 4 is 5.96 Å². The first-order valence-corrected chi connectivity index (χ1v) is 9.19. The SMILES string of the molecule is CCNC(=NCC(O)c1ccccc1F)N1CCC(c2ccccc2)C1. The zero-order valence-electron chi connectivity index (χ0n) is 15.1. The Morgan fingerprint density at radius 3 is 2.69 bits per heavy atom. The number of nitrogens with one attached hydrogen (secondary N) is 1. The highest BCUT2D eigenvalue weighted by Gasteiger charge is 2.26. The fraction of sp³-hybridized carbons (Fsp3) is 0.381. The highest BCUT2D eigenvalue weighted by atomic mass is 19.1. The van der Waals surface area contributed by atoms with E-state index >= 15 is 0 Å². The van der Waals surface area contributed by atoms with E-state index in [0.717, 1.165) is 32.0 Å². The van der Waals surface area contributed by atoms with Crippen molar-refractivity contribution < 1.29 is 9.50 Å². The van der Waals surface area contributed by atoms with Crippen LogP contribution in [-0.4, -0.2) is 42.1 Å². The Kier molecular flexibility index (Phi) is 6.23. The van der Waals surface area contributed by atoms with Gasteiger partial charge in [0.05, 0.1) is 6.54 Å². The number of hydrogen-bond donors (Lipinski definition) is 2. The average molecular weight is 355 g/mol. The largest absolute Gasteiger partial charge is 0.386 e. The molecule has 0 radical (unpaired) electrons. The molecule has 3 rings (SSSR count). The molecule has 0 spiro atoms. The van der Waals surface area contributed by atoms with E-state index in [-0.39, 0.29) is 12.1 Å². The van der Waals surface area contributed by atoms with Crippen molar-refractivity contribution in [2.24, 2.45) is 4.99 Å². The predicted molar refractivity (Wildman–Crippen MR) is 103 cm³/mol. The second-order valence-corrected chi connectivity index (χ2v) is 6.57. The molecular formula is C21H26FN3O. The van der Waals surface area contributed by atoms with Crippen LogP contribution < -0.4 is 5.32 Å². The lowest BCUT2D eigenvalue weighted by Crippen LogP contribution is -2.40. The first kappa shape index (κ1) is 18.4. The van der Waals surface area contributed by atoms with Gasteiger partial charge in [-0.25, -0.2) is 4.39 Å². The number of aliphatic hydroxyl groups excluding tert-OH is 1. The van der Waals surface area contributed by atoms with Crippen LogP contribution in [0.3, 0.4) is 0 Å².